The third kappa shape index (κ3) is 2.45. The van der Waals surface area contributed by atoms with Crippen LogP contribution in [0.4, 0.5) is 5.82 Å². The van der Waals surface area contributed by atoms with E-state index in [0.717, 1.165) is 34.6 Å². The lowest BCUT2D eigenvalue weighted by Gasteiger charge is -2.36. The second-order valence-electron chi connectivity index (χ2n) is 5.68. The van der Waals surface area contributed by atoms with Crippen LogP contribution >= 0.6 is 11.3 Å². The highest BCUT2D eigenvalue weighted by Gasteiger charge is 2.27. The lowest BCUT2D eigenvalue weighted by Crippen LogP contribution is -2.39. The molecule has 1 atom stereocenters. The van der Waals surface area contributed by atoms with Crippen molar-refractivity contribution in [2.45, 2.75) is 45.6 Å². The fourth-order valence-corrected chi connectivity index (χ4v) is 4.32. The molecule has 0 N–H and O–H groups in total. The smallest absolute Gasteiger partial charge is 0.348 e. The topological polar surface area (TPSA) is 55.3 Å². The summed E-state index contributed by atoms with van der Waals surface area (Å²) < 4.78 is 4.88. The summed E-state index contributed by atoms with van der Waals surface area (Å²) in [5.74, 6) is 0.678. The highest BCUT2D eigenvalue weighted by atomic mass is 32.1. The van der Waals surface area contributed by atoms with Gasteiger partial charge in [-0.25, -0.2) is 14.8 Å². The van der Waals surface area contributed by atoms with Crippen molar-refractivity contribution in [2.75, 3.05) is 18.6 Å². The predicted molar refractivity (Wildman–Crippen MR) is 88.8 cm³/mol. The number of hydrogen-bond donors (Lipinski definition) is 0. The molecule has 0 spiro atoms. The Balaban J connectivity index is 2.13. The number of fused-ring (bicyclic) bond motifs is 1. The predicted octanol–water partition coefficient (Wildman–Crippen LogP) is 3.56. The minimum Gasteiger partial charge on any atom is -0.465 e. The summed E-state index contributed by atoms with van der Waals surface area (Å²) in [7, 11) is 1.41. The number of piperidine rings is 1. The van der Waals surface area contributed by atoms with E-state index in [2.05, 4.69) is 21.8 Å². The molecule has 0 aliphatic carbocycles. The summed E-state index contributed by atoms with van der Waals surface area (Å²) in [6, 6.07) is 0.521. The molecular weight excluding hydrogens is 298 g/mol. The zero-order chi connectivity index (χ0) is 15.7. The average Bonchev–Trinajstić information content (AvgIpc) is 2.91. The van der Waals surface area contributed by atoms with Crippen molar-refractivity contribution >= 4 is 33.3 Å². The first-order valence-electron chi connectivity index (χ1n) is 7.76. The maximum atomic E-state index is 11.9. The second-order valence-corrected chi connectivity index (χ2v) is 6.68. The monoisotopic (exact) mass is 319 g/mol. The number of rotatable bonds is 3. The summed E-state index contributed by atoms with van der Waals surface area (Å²) in [5, 5.41) is 1.01. The number of aromatic nitrogens is 2. The summed E-state index contributed by atoms with van der Waals surface area (Å²) >= 11 is 1.39. The molecule has 118 valence electrons. The maximum Gasteiger partial charge on any atom is 0.348 e. The molecule has 5 nitrogen and oxygen atoms in total. The Kier molecular flexibility index (Phi) is 4.29. The minimum absolute atomic E-state index is 0.294. The first-order valence-corrected chi connectivity index (χ1v) is 8.58. The molecule has 3 rings (SSSR count). The van der Waals surface area contributed by atoms with Crippen LogP contribution in [0.1, 0.15) is 47.8 Å². The van der Waals surface area contributed by atoms with Crippen molar-refractivity contribution in [2.24, 2.45) is 0 Å². The van der Waals surface area contributed by atoms with Gasteiger partial charge in [-0.05, 0) is 38.2 Å². The number of carbonyl (C=O) groups excluding carboxylic acids is 1. The van der Waals surface area contributed by atoms with Crippen LogP contribution in [0.5, 0.6) is 0 Å². The third-order valence-corrected chi connectivity index (χ3v) is 5.63. The number of hydrogen-bond acceptors (Lipinski definition) is 6. The average molecular weight is 319 g/mol. The molecule has 0 saturated carbocycles. The summed E-state index contributed by atoms with van der Waals surface area (Å²) in [6.07, 6.45) is 6.39. The molecule has 0 amide bonds. The number of nitrogens with zero attached hydrogens (tertiary/aromatic N) is 3. The molecule has 1 fully saturated rings. The number of aryl methyl sites for hydroxylation is 1. The van der Waals surface area contributed by atoms with Crippen LogP contribution in [0.3, 0.4) is 0 Å². The second kappa shape index (κ2) is 6.20. The van der Waals surface area contributed by atoms with Crippen molar-refractivity contribution in [3.8, 4) is 0 Å². The minimum atomic E-state index is -0.294. The van der Waals surface area contributed by atoms with E-state index in [1.807, 2.05) is 6.92 Å². The van der Waals surface area contributed by atoms with Gasteiger partial charge < -0.3 is 9.64 Å². The van der Waals surface area contributed by atoms with Crippen molar-refractivity contribution in [1.82, 2.24) is 9.97 Å². The Morgan fingerprint density at radius 3 is 3.00 bits per heavy atom. The first kappa shape index (κ1) is 15.2. The standard InChI is InChI=1S/C16H21N3O2S/c1-4-11-7-5-6-8-19(11)14-12-10(2)13(16(20)21-3)22-15(12)18-9-17-14/h9,11H,4-8H2,1-3H3. The fraction of sp³-hybridized carbons (Fsp3) is 0.562. The van der Waals surface area contributed by atoms with Gasteiger partial charge in [0.25, 0.3) is 0 Å². The molecule has 0 aromatic carbocycles. The van der Waals surface area contributed by atoms with E-state index in [1.165, 1.54) is 37.7 Å². The van der Waals surface area contributed by atoms with Gasteiger partial charge in [0.1, 0.15) is 21.9 Å². The molecule has 2 aromatic heterocycles. The zero-order valence-electron chi connectivity index (χ0n) is 13.3. The quantitative estimate of drug-likeness (QED) is 0.810. The molecule has 0 radical (unpaired) electrons. The summed E-state index contributed by atoms with van der Waals surface area (Å²) in [6.45, 7) is 5.21. The zero-order valence-corrected chi connectivity index (χ0v) is 14.1. The molecule has 22 heavy (non-hydrogen) atoms. The van der Waals surface area contributed by atoms with E-state index < -0.39 is 0 Å². The number of esters is 1. The molecule has 1 unspecified atom stereocenters. The van der Waals surface area contributed by atoms with Gasteiger partial charge in [0.05, 0.1) is 12.5 Å². The molecule has 1 aliphatic rings. The van der Waals surface area contributed by atoms with E-state index >= 15 is 0 Å². The first-order chi connectivity index (χ1) is 10.7. The van der Waals surface area contributed by atoms with Gasteiger partial charge in [-0.3, -0.25) is 0 Å². The molecule has 6 heteroatoms. The van der Waals surface area contributed by atoms with Gasteiger partial charge >= 0.3 is 5.97 Å². The van der Waals surface area contributed by atoms with Gasteiger partial charge in [-0.1, -0.05) is 6.92 Å². The van der Waals surface area contributed by atoms with Gasteiger partial charge in [0.15, 0.2) is 0 Å². The van der Waals surface area contributed by atoms with E-state index in [4.69, 9.17) is 4.74 Å². The van der Waals surface area contributed by atoms with Gasteiger partial charge in [0, 0.05) is 12.6 Å². The number of methoxy groups -OCH3 is 1. The Bertz CT molecular complexity index is 698. The number of thiophene rings is 1. The number of carbonyl (C=O) groups is 1. The van der Waals surface area contributed by atoms with Crippen LogP contribution in [0, 0.1) is 6.92 Å². The van der Waals surface area contributed by atoms with Crippen LogP contribution in [0.2, 0.25) is 0 Å². The number of anilines is 1. The van der Waals surface area contributed by atoms with Crippen molar-refractivity contribution in [3.63, 3.8) is 0 Å². The summed E-state index contributed by atoms with van der Waals surface area (Å²) in [5.41, 5.74) is 0.933. The van der Waals surface area contributed by atoms with E-state index in [0.29, 0.717) is 10.9 Å². The Labute approximate surface area is 134 Å². The molecule has 3 heterocycles. The third-order valence-electron chi connectivity index (χ3n) is 4.45. The highest BCUT2D eigenvalue weighted by molar-refractivity contribution is 7.20. The molecule has 1 aliphatic heterocycles. The molecule has 0 bridgehead atoms. The molecular formula is C16H21N3O2S. The Hall–Kier alpha value is -1.69. The Morgan fingerprint density at radius 2 is 2.27 bits per heavy atom. The Morgan fingerprint density at radius 1 is 1.45 bits per heavy atom. The lowest BCUT2D eigenvalue weighted by atomic mass is 9.99. The fourth-order valence-electron chi connectivity index (χ4n) is 3.26. The normalized spacial score (nSPS) is 18.7. The SMILES string of the molecule is CCC1CCCCN1c1ncnc2sc(C(=O)OC)c(C)c12. The van der Waals surface area contributed by atoms with E-state index in [9.17, 15) is 4.79 Å². The van der Waals surface area contributed by atoms with Crippen molar-refractivity contribution in [1.29, 1.82) is 0 Å². The van der Waals surface area contributed by atoms with Crippen LogP contribution < -0.4 is 4.90 Å². The molecule has 2 aromatic rings. The van der Waals surface area contributed by atoms with Crippen molar-refractivity contribution < 1.29 is 9.53 Å². The van der Waals surface area contributed by atoms with Crippen molar-refractivity contribution in [3.05, 3.63) is 16.8 Å². The largest absolute Gasteiger partial charge is 0.465 e. The highest BCUT2D eigenvalue weighted by Crippen LogP contribution is 2.37. The molecule has 1 saturated heterocycles. The van der Waals surface area contributed by atoms with E-state index in [-0.39, 0.29) is 5.97 Å². The van der Waals surface area contributed by atoms with Gasteiger partial charge in [-0.15, -0.1) is 11.3 Å². The van der Waals surface area contributed by atoms with Gasteiger partial charge in [-0.2, -0.15) is 0 Å². The van der Waals surface area contributed by atoms with Crippen LogP contribution in [-0.4, -0.2) is 35.6 Å². The number of ether oxygens (including phenoxy) is 1. The van der Waals surface area contributed by atoms with Crippen LogP contribution in [-0.2, 0) is 4.74 Å². The lowest BCUT2D eigenvalue weighted by molar-refractivity contribution is 0.0605. The van der Waals surface area contributed by atoms with Gasteiger partial charge in [0.2, 0.25) is 0 Å². The summed E-state index contributed by atoms with van der Waals surface area (Å²) in [4.78, 5) is 24.7. The van der Waals surface area contributed by atoms with Crippen LogP contribution in [0.15, 0.2) is 6.33 Å². The van der Waals surface area contributed by atoms with E-state index in [1.54, 1.807) is 6.33 Å². The van der Waals surface area contributed by atoms with Crippen LogP contribution in [0.25, 0.3) is 10.2 Å². The maximum absolute atomic E-state index is 11.9.